The van der Waals surface area contributed by atoms with E-state index in [1.54, 1.807) is 10.6 Å². The molecule has 0 spiro atoms. The van der Waals surface area contributed by atoms with Crippen LogP contribution >= 0.6 is 0 Å². The number of benzene rings is 1. The van der Waals surface area contributed by atoms with Crippen LogP contribution in [0.4, 0.5) is 0 Å². The van der Waals surface area contributed by atoms with Gasteiger partial charge in [0.15, 0.2) is 5.65 Å². The highest BCUT2D eigenvalue weighted by molar-refractivity contribution is 5.92. The van der Waals surface area contributed by atoms with Crippen molar-refractivity contribution >= 4 is 22.6 Å². The number of aryl methyl sites for hydroxylation is 1. The molecule has 0 unspecified atom stereocenters. The summed E-state index contributed by atoms with van der Waals surface area (Å²) in [7, 11) is 0. The number of aromatic carboxylic acids is 1. The van der Waals surface area contributed by atoms with E-state index in [4.69, 9.17) is 5.11 Å². The fourth-order valence-electron chi connectivity index (χ4n) is 1.76. The van der Waals surface area contributed by atoms with Crippen molar-refractivity contribution in [3.63, 3.8) is 0 Å². The van der Waals surface area contributed by atoms with Crippen LogP contribution in [0.15, 0.2) is 24.3 Å². The van der Waals surface area contributed by atoms with Crippen molar-refractivity contribution in [3.8, 4) is 0 Å². The zero-order chi connectivity index (χ0) is 12.0. The molecular weight excluding hydrogens is 220 g/mol. The second-order valence-electron chi connectivity index (χ2n) is 3.76. The molecule has 0 saturated heterocycles. The maximum Gasteiger partial charge on any atom is 0.335 e. The molecule has 0 fully saturated rings. The molecule has 1 N–H and O–H groups in total. The number of carbonyl (C=O) groups is 1. The highest BCUT2D eigenvalue weighted by Gasteiger charge is 2.08. The lowest BCUT2D eigenvalue weighted by Crippen LogP contribution is -2.00. The first-order chi connectivity index (χ1) is 8.15. The van der Waals surface area contributed by atoms with E-state index in [0.717, 1.165) is 11.2 Å². The summed E-state index contributed by atoms with van der Waals surface area (Å²) in [5, 5.41) is 21.2. The summed E-state index contributed by atoms with van der Waals surface area (Å²) in [6, 6.07) is 6.52. The van der Waals surface area contributed by atoms with E-state index in [1.165, 1.54) is 12.1 Å². The van der Waals surface area contributed by atoms with E-state index in [0.29, 0.717) is 11.2 Å². The quantitative estimate of drug-likeness (QED) is 0.678. The first kappa shape index (κ1) is 9.71. The van der Waals surface area contributed by atoms with Gasteiger partial charge in [-0.1, -0.05) is 0 Å². The Morgan fingerprint density at radius 2 is 2.12 bits per heavy atom. The lowest BCUT2D eigenvalue weighted by atomic mass is 10.2. The van der Waals surface area contributed by atoms with Gasteiger partial charge >= 0.3 is 5.97 Å². The first-order valence-electron chi connectivity index (χ1n) is 5.01. The van der Waals surface area contributed by atoms with Crippen LogP contribution in [0.5, 0.6) is 0 Å². The monoisotopic (exact) mass is 228 g/mol. The molecule has 17 heavy (non-hydrogen) atoms. The molecule has 0 aliphatic carbocycles. The van der Waals surface area contributed by atoms with Crippen LogP contribution in [0.3, 0.4) is 0 Å². The Balaban J connectivity index is 2.40. The van der Waals surface area contributed by atoms with E-state index in [1.807, 2.05) is 13.0 Å². The van der Waals surface area contributed by atoms with Gasteiger partial charge in [-0.05, 0) is 25.1 Å². The molecule has 3 aromatic rings. The average molecular weight is 228 g/mol. The molecule has 0 aliphatic heterocycles. The van der Waals surface area contributed by atoms with Crippen molar-refractivity contribution in [1.82, 2.24) is 19.8 Å². The predicted molar refractivity (Wildman–Crippen MR) is 60.0 cm³/mol. The summed E-state index contributed by atoms with van der Waals surface area (Å²) < 4.78 is 1.66. The van der Waals surface area contributed by atoms with Crippen LogP contribution in [-0.2, 0) is 0 Å². The topological polar surface area (TPSA) is 80.4 Å². The van der Waals surface area contributed by atoms with Crippen molar-refractivity contribution in [2.24, 2.45) is 0 Å². The number of hydrogen-bond acceptors (Lipinski definition) is 4. The predicted octanol–water partition coefficient (Wildman–Crippen LogP) is 1.28. The number of hydrogen-bond donors (Lipinski definition) is 1. The summed E-state index contributed by atoms with van der Waals surface area (Å²) in [5.74, 6) is -0.981. The van der Waals surface area contributed by atoms with Crippen molar-refractivity contribution in [1.29, 1.82) is 0 Å². The van der Waals surface area contributed by atoms with Gasteiger partial charge in [-0.2, -0.15) is 5.10 Å². The van der Waals surface area contributed by atoms with Crippen LogP contribution in [0, 0.1) is 6.92 Å². The lowest BCUT2D eigenvalue weighted by molar-refractivity contribution is 0.0697. The van der Waals surface area contributed by atoms with Crippen LogP contribution in [-0.4, -0.2) is 30.9 Å². The number of rotatable bonds is 1. The first-order valence-corrected chi connectivity index (χ1v) is 5.01. The number of carboxylic acid groups (broad SMARTS) is 1. The minimum Gasteiger partial charge on any atom is -0.478 e. The summed E-state index contributed by atoms with van der Waals surface area (Å²) in [6.45, 7) is 1.87. The minimum absolute atomic E-state index is 0.190. The van der Waals surface area contributed by atoms with Gasteiger partial charge < -0.3 is 5.11 Å². The Kier molecular flexibility index (Phi) is 1.85. The van der Waals surface area contributed by atoms with Crippen LogP contribution in [0.25, 0.3) is 16.7 Å². The molecule has 6 nitrogen and oxygen atoms in total. The lowest BCUT2D eigenvalue weighted by Gasteiger charge is -2.00. The largest absolute Gasteiger partial charge is 0.478 e. The third-order valence-electron chi connectivity index (χ3n) is 2.52. The van der Waals surface area contributed by atoms with E-state index < -0.39 is 5.97 Å². The Morgan fingerprint density at radius 1 is 1.29 bits per heavy atom. The Bertz CT molecular complexity index is 748. The van der Waals surface area contributed by atoms with Gasteiger partial charge in [0.2, 0.25) is 0 Å². The van der Waals surface area contributed by atoms with Crippen LogP contribution in [0.2, 0.25) is 0 Å². The molecule has 0 amide bonds. The van der Waals surface area contributed by atoms with Gasteiger partial charge in [-0.15, -0.1) is 10.2 Å². The van der Waals surface area contributed by atoms with Gasteiger partial charge in [-0.3, -0.25) is 0 Å². The minimum atomic E-state index is -0.981. The molecule has 84 valence electrons. The Hall–Kier alpha value is -2.50. The van der Waals surface area contributed by atoms with Gasteiger partial charge in [0.25, 0.3) is 0 Å². The van der Waals surface area contributed by atoms with Crippen LogP contribution < -0.4 is 0 Å². The zero-order valence-corrected chi connectivity index (χ0v) is 8.95. The van der Waals surface area contributed by atoms with Gasteiger partial charge in [0.05, 0.1) is 16.8 Å². The second-order valence-corrected chi connectivity index (χ2v) is 3.76. The molecule has 1 aromatic carbocycles. The molecular formula is C11H8N4O2. The molecule has 0 atom stereocenters. The summed E-state index contributed by atoms with van der Waals surface area (Å²) in [6.07, 6.45) is 0. The summed E-state index contributed by atoms with van der Waals surface area (Å²) in [4.78, 5) is 10.8. The van der Waals surface area contributed by atoms with E-state index in [9.17, 15) is 4.79 Å². The normalized spacial score (nSPS) is 11.1. The molecule has 0 radical (unpaired) electrons. The zero-order valence-electron chi connectivity index (χ0n) is 8.95. The number of nitrogens with zero attached hydrogens (tertiary/aromatic N) is 4. The highest BCUT2D eigenvalue weighted by atomic mass is 16.4. The number of carboxylic acids is 1. The van der Waals surface area contributed by atoms with E-state index in [-0.39, 0.29) is 5.56 Å². The van der Waals surface area contributed by atoms with Crippen molar-refractivity contribution in [2.75, 3.05) is 0 Å². The third kappa shape index (κ3) is 1.42. The van der Waals surface area contributed by atoms with E-state index >= 15 is 0 Å². The molecule has 2 aromatic heterocycles. The molecule has 0 saturated carbocycles. The SMILES string of the molecule is Cc1cc2nnc3cc(C(=O)O)ccc3n2n1. The maximum absolute atomic E-state index is 10.8. The number of fused-ring (bicyclic) bond motifs is 3. The molecule has 2 heterocycles. The van der Waals surface area contributed by atoms with Gasteiger partial charge in [0, 0.05) is 6.07 Å². The van der Waals surface area contributed by atoms with Crippen molar-refractivity contribution < 1.29 is 9.90 Å². The van der Waals surface area contributed by atoms with Gasteiger partial charge in [0.1, 0.15) is 5.52 Å². The molecule has 0 aliphatic rings. The molecule has 3 rings (SSSR count). The maximum atomic E-state index is 10.8. The third-order valence-corrected chi connectivity index (χ3v) is 2.52. The number of aromatic nitrogens is 4. The molecule has 0 bridgehead atoms. The van der Waals surface area contributed by atoms with Crippen LogP contribution in [0.1, 0.15) is 16.1 Å². The fourth-order valence-corrected chi connectivity index (χ4v) is 1.76. The van der Waals surface area contributed by atoms with Gasteiger partial charge in [-0.25, -0.2) is 9.31 Å². The Labute approximate surface area is 95.5 Å². The van der Waals surface area contributed by atoms with E-state index in [2.05, 4.69) is 15.3 Å². The smallest absolute Gasteiger partial charge is 0.335 e. The summed E-state index contributed by atoms with van der Waals surface area (Å²) >= 11 is 0. The highest BCUT2D eigenvalue weighted by Crippen LogP contribution is 2.15. The second kappa shape index (κ2) is 3.24. The Morgan fingerprint density at radius 3 is 2.88 bits per heavy atom. The average Bonchev–Trinajstić information content (AvgIpc) is 2.69. The fraction of sp³-hybridized carbons (Fsp3) is 0.0909. The standard InChI is InChI=1S/C11H8N4O2/c1-6-4-10-13-12-8-5-7(11(16)17)2-3-9(8)15(10)14-6/h2-5H,1H3,(H,16,17). The molecule has 6 heteroatoms. The van der Waals surface area contributed by atoms with Crippen molar-refractivity contribution in [2.45, 2.75) is 6.92 Å². The van der Waals surface area contributed by atoms with Crippen molar-refractivity contribution in [3.05, 3.63) is 35.5 Å². The summed E-state index contributed by atoms with van der Waals surface area (Å²) in [5.41, 5.74) is 2.94.